The van der Waals surface area contributed by atoms with E-state index >= 15 is 0 Å². The summed E-state index contributed by atoms with van der Waals surface area (Å²) in [6.45, 7) is 8.01. The van der Waals surface area contributed by atoms with E-state index in [4.69, 9.17) is 4.74 Å². The average Bonchev–Trinajstić information content (AvgIpc) is 3.34. The van der Waals surface area contributed by atoms with Gasteiger partial charge in [0, 0.05) is 25.8 Å². The van der Waals surface area contributed by atoms with Crippen LogP contribution in [0.3, 0.4) is 0 Å². The molecule has 0 spiro atoms. The number of esters is 1. The summed E-state index contributed by atoms with van der Waals surface area (Å²) in [7, 11) is 0. The van der Waals surface area contributed by atoms with Gasteiger partial charge >= 0.3 is 12.0 Å². The quantitative estimate of drug-likeness (QED) is 0.530. The highest BCUT2D eigenvalue weighted by molar-refractivity contribution is 6.02. The van der Waals surface area contributed by atoms with Crippen molar-refractivity contribution in [2.75, 3.05) is 31.6 Å². The van der Waals surface area contributed by atoms with Crippen LogP contribution >= 0.6 is 0 Å². The summed E-state index contributed by atoms with van der Waals surface area (Å²) in [6.07, 6.45) is 6.72. The maximum absolute atomic E-state index is 14.1. The number of carbonyl (C=O) groups is 3. The van der Waals surface area contributed by atoms with Crippen LogP contribution in [0.4, 0.5) is 10.6 Å². The lowest BCUT2D eigenvalue weighted by molar-refractivity contribution is -0.133. The summed E-state index contributed by atoms with van der Waals surface area (Å²) in [4.78, 5) is 41.0. The van der Waals surface area contributed by atoms with E-state index in [1.54, 1.807) is 17.8 Å². The molecule has 2 aliphatic rings. The lowest BCUT2D eigenvalue weighted by atomic mass is 9.61. The Morgan fingerprint density at radius 3 is 2.35 bits per heavy atom. The zero-order chi connectivity index (χ0) is 26.4. The Balaban J connectivity index is 1.59. The predicted molar refractivity (Wildman–Crippen MR) is 142 cm³/mol. The first kappa shape index (κ1) is 26.7. The number of rotatable bonds is 7. The van der Waals surface area contributed by atoms with Gasteiger partial charge in [-0.2, -0.15) is 0 Å². The van der Waals surface area contributed by atoms with Crippen LogP contribution in [0.5, 0.6) is 0 Å². The van der Waals surface area contributed by atoms with E-state index in [0.717, 1.165) is 44.2 Å². The first-order valence-electron chi connectivity index (χ1n) is 13.5. The molecule has 37 heavy (non-hydrogen) atoms. The van der Waals surface area contributed by atoms with Crippen molar-refractivity contribution in [3.05, 3.63) is 42.1 Å². The Kier molecular flexibility index (Phi) is 8.51. The van der Waals surface area contributed by atoms with Crippen molar-refractivity contribution in [1.29, 1.82) is 0 Å². The molecule has 0 unspecified atom stereocenters. The molecule has 1 aromatic heterocycles. The number of aromatic nitrogens is 2. The minimum Gasteiger partial charge on any atom is -0.462 e. The van der Waals surface area contributed by atoms with Crippen LogP contribution in [0.1, 0.15) is 69.7 Å². The number of nitrogens with zero attached hydrogens (tertiary/aromatic N) is 3. The molecule has 1 saturated heterocycles. The molecule has 2 aromatic rings. The van der Waals surface area contributed by atoms with Gasteiger partial charge in [-0.25, -0.2) is 14.3 Å². The van der Waals surface area contributed by atoms with Crippen LogP contribution in [0, 0.1) is 17.3 Å². The molecule has 2 heterocycles. The Morgan fingerprint density at radius 2 is 1.73 bits per heavy atom. The number of benzene rings is 1. The first-order valence-corrected chi connectivity index (χ1v) is 13.5. The average molecular weight is 510 g/mol. The van der Waals surface area contributed by atoms with Gasteiger partial charge in [0.1, 0.15) is 5.56 Å². The van der Waals surface area contributed by atoms with Crippen LogP contribution in [0.2, 0.25) is 0 Å². The number of amides is 3. The summed E-state index contributed by atoms with van der Waals surface area (Å²) in [5, 5.41) is 10.5. The molecule has 1 saturated carbocycles. The molecule has 3 amide bonds. The SMILES string of the molecule is CCNC(=O)N1CCC(C2(C(=O)Nc3nn(-c4ccccc4)cc3C(=O)OCC)CCC(C)CC2)CC1. The van der Waals surface area contributed by atoms with Gasteiger partial charge in [0.2, 0.25) is 5.91 Å². The minimum absolute atomic E-state index is 0.0396. The minimum atomic E-state index is -0.553. The van der Waals surface area contributed by atoms with Crippen molar-refractivity contribution < 1.29 is 19.1 Å². The van der Waals surface area contributed by atoms with E-state index < -0.39 is 11.4 Å². The standard InChI is InChI=1S/C28H39N5O4/c1-4-29-27(36)32-17-13-21(14-18-32)28(15-11-20(3)12-16-28)26(35)30-24-23(25(34)37-5-2)19-33(31-24)22-9-7-6-8-10-22/h6-10,19-21H,4-5,11-18H2,1-3H3,(H,29,36)(H,30,31,35). The Hall–Kier alpha value is -3.36. The van der Waals surface area contributed by atoms with Crippen LogP contribution in [-0.2, 0) is 9.53 Å². The van der Waals surface area contributed by atoms with Gasteiger partial charge in [-0.3, -0.25) is 4.79 Å². The molecule has 2 fully saturated rings. The zero-order valence-corrected chi connectivity index (χ0v) is 22.2. The first-order chi connectivity index (χ1) is 17.9. The topological polar surface area (TPSA) is 106 Å². The van der Waals surface area contributed by atoms with Crippen LogP contribution < -0.4 is 10.6 Å². The number of anilines is 1. The Labute approximate surface area is 218 Å². The fourth-order valence-corrected chi connectivity index (χ4v) is 5.77. The normalized spacial score (nSPS) is 22.4. The third-order valence-electron chi connectivity index (χ3n) is 7.97. The van der Waals surface area contributed by atoms with E-state index in [-0.39, 0.29) is 35.8 Å². The highest BCUT2D eigenvalue weighted by Gasteiger charge is 2.48. The van der Waals surface area contributed by atoms with E-state index in [2.05, 4.69) is 22.7 Å². The Bertz CT molecular complexity index is 1080. The van der Waals surface area contributed by atoms with Crippen molar-refractivity contribution in [2.24, 2.45) is 17.3 Å². The van der Waals surface area contributed by atoms with Gasteiger partial charge in [-0.15, -0.1) is 5.10 Å². The monoisotopic (exact) mass is 509 g/mol. The fourth-order valence-electron chi connectivity index (χ4n) is 5.77. The van der Waals surface area contributed by atoms with Crippen molar-refractivity contribution in [3.63, 3.8) is 0 Å². The molecule has 9 nitrogen and oxygen atoms in total. The second kappa shape index (κ2) is 11.8. The largest absolute Gasteiger partial charge is 0.462 e. The van der Waals surface area contributed by atoms with Gasteiger partial charge in [0.05, 0.1) is 17.7 Å². The lowest BCUT2D eigenvalue weighted by Gasteiger charge is -2.46. The van der Waals surface area contributed by atoms with E-state index in [0.29, 0.717) is 25.6 Å². The maximum Gasteiger partial charge on any atom is 0.343 e. The van der Waals surface area contributed by atoms with Crippen molar-refractivity contribution in [1.82, 2.24) is 20.0 Å². The second-order valence-electron chi connectivity index (χ2n) is 10.3. The van der Waals surface area contributed by atoms with E-state index in [1.165, 1.54) is 0 Å². The number of para-hydroxylation sites is 1. The summed E-state index contributed by atoms with van der Waals surface area (Å²) < 4.78 is 6.87. The number of hydrogen-bond donors (Lipinski definition) is 2. The molecule has 4 rings (SSSR count). The third kappa shape index (κ3) is 5.81. The number of piperidine rings is 1. The molecule has 2 N–H and O–H groups in total. The summed E-state index contributed by atoms with van der Waals surface area (Å²) in [5.74, 6) is 0.364. The van der Waals surface area contributed by atoms with Crippen molar-refractivity contribution in [3.8, 4) is 5.69 Å². The van der Waals surface area contributed by atoms with Crippen molar-refractivity contribution >= 4 is 23.7 Å². The number of urea groups is 1. The molecule has 1 aliphatic heterocycles. The van der Waals surface area contributed by atoms with Crippen LogP contribution in [0.25, 0.3) is 5.69 Å². The third-order valence-corrected chi connectivity index (χ3v) is 7.97. The Morgan fingerprint density at radius 1 is 1.05 bits per heavy atom. The summed E-state index contributed by atoms with van der Waals surface area (Å²) >= 11 is 0. The molecular formula is C28H39N5O4. The van der Waals surface area contributed by atoms with Gasteiger partial charge in [0.25, 0.3) is 0 Å². The number of likely N-dealkylation sites (tertiary alicyclic amines) is 1. The highest BCUT2D eigenvalue weighted by atomic mass is 16.5. The van der Waals surface area contributed by atoms with Gasteiger partial charge in [-0.1, -0.05) is 25.1 Å². The molecule has 1 aromatic carbocycles. The fraction of sp³-hybridized carbons (Fsp3) is 0.571. The van der Waals surface area contributed by atoms with Gasteiger partial charge < -0.3 is 20.3 Å². The van der Waals surface area contributed by atoms with Crippen LogP contribution in [-0.4, -0.2) is 58.8 Å². The number of hydrogen-bond acceptors (Lipinski definition) is 5. The number of carbonyl (C=O) groups excluding carboxylic acids is 3. The molecule has 0 atom stereocenters. The van der Waals surface area contributed by atoms with E-state index in [1.807, 2.05) is 42.2 Å². The summed E-state index contributed by atoms with van der Waals surface area (Å²) in [5.41, 5.74) is 0.472. The van der Waals surface area contributed by atoms with Crippen LogP contribution in [0.15, 0.2) is 36.5 Å². The highest BCUT2D eigenvalue weighted by Crippen LogP contribution is 2.49. The lowest BCUT2D eigenvalue weighted by Crippen LogP contribution is -2.51. The summed E-state index contributed by atoms with van der Waals surface area (Å²) in [6, 6.07) is 9.43. The predicted octanol–water partition coefficient (Wildman–Crippen LogP) is 4.63. The molecule has 200 valence electrons. The molecule has 0 bridgehead atoms. The number of nitrogens with one attached hydrogen (secondary N) is 2. The number of ether oxygens (including phenoxy) is 1. The zero-order valence-electron chi connectivity index (χ0n) is 22.2. The molecule has 1 aliphatic carbocycles. The molecule has 9 heteroatoms. The van der Waals surface area contributed by atoms with Crippen molar-refractivity contribution in [2.45, 2.75) is 59.3 Å². The smallest absolute Gasteiger partial charge is 0.343 e. The molecule has 0 radical (unpaired) electrons. The second-order valence-corrected chi connectivity index (χ2v) is 10.3. The maximum atomic E-state index is 14.1. The van der Waals surface area contributed by atoms with E-state index in [9.17, 15) is 14.4 Å². The van der Waals surface area contributed by atoms with Gasteiger partial charge in [0.15, 0.2) is 5.82 Å². The molecular weight excluding hydrogens is 470 g/mol. The van der Waals surface area contributed by atoms with Gasteiger partial charge in [-0.05, 0) is 76.3 Å².